The predicted octanol–water partition coefficient (Wildman–Crippen LogP) is 0.659. The quantitative estimate of drug-likeness (QED) is 0.546. The molecule has 0 aromatic heterocycles. The van der Waals surface area contributed by atoms with Crippen molar-refractivity contribution in [1.82, 2.24) is 10.0 Å². The number of benzene rings is 1. The number of anilines is 1. The van der Waals surface area contributed by atoms with Gasteiger partial charge in [0.15, 0.2) is 0 Å². The monoisotopic (exact) mass is 351 g/mol. The first-order chi connectivity index (χ1) is 9.72. The Bertz CT molecular complexity index is 720. The number of imide groups is 1. The molecule has 1 aromatic carbocycles. The number of carbonyl (C=O) groups is 2. The Morgan fingerprint density at radius 1 is 1.29 bits per heavy atom. The zero-order valence-corrected chi connectivity index (χ0v) is 12.8. The van der Waals surface area contributed by atoms with E-state index in [0.29, 0.717) is 0 Å². The molecule has 2 amide bonds. The van der Waals surface area contributed by atoms with Crippen LogP contribution in [0.3, 0.4) is 0 Å². The number of nitrogens with two attached hydrogens (primary N) is 1. The molecule has 0 aliphatic carbocycles. The summed E-state index contributed by atoms with van der Waals surface area (Å²) >= 11 is 11.6. The Morgan fingerprint density at radius 2 is 1.95 bits per heavy atom. The smallest absolute Gasteiger partial charge is 0.244 e. The number of hydrogen-bond donors (Lipinski definition) is 3. The highest BCUT2D eigenvalue weighted by molar-refractivity contribution is 7.89. The van der Waals surface area contributed by atoms with Crippen LogP contribution in [0.5, 0.6) is 0 Å². The molecule has 1 aromatic rings. The van der Waals surface area contributed by atoms with Crippen molar-refractivity contribution < 1.29 is 18.0 Å². The van der Waals surface area contributed by atoms with Gasteiger partial charge in [0.25, 0.3) is 0 Å². The number of sulfonamides is 1. The predicted molar refractivity (Wildman–Crippen MR) is 77.4 cm³/mol. The molecule has 1 heterocycles. The van der Waals surface area contributed by atoms with Crippen molar-refractivity contribution >= 4 is 50.7 Å². The fraction of sp³-hybridized carbons (Fsp3) is 0.273. The van der Waals surface area contributed by atoms with E-state index in [9.17, 15) is 18.0 Å². The van der Waals surface area contributed by atoms with Crippen molar-refractivity contribution in [3.8, 4) is 0 Å². The Kier molecular flexibility index (Phi) is 4.43. The van der Waals surface area contributed by atoms with Gasteiger partial charge in [0, 0.05) is 6.42 Å². The van der Waals surface area contributed by atoms with Crippen LogP contribution in [0, 0.1) is 0 Å². The molecule has 0 radical (unpaired) electrons. The Morgan fingerprint density at radius 3 is 2.57 bits per heavy atom. The third-order valence-corrected chi connectivity index (χ3v) is 5.28. The van der Waals surface area contributed by atoms with Gasteiger partial charge in [-0.2, -0.15) is 4.72 Å². The highest BCUT2D eigenvalue weighted by atomic mass is 35.5. The highest BCUT2D eigenvalue weighted by Gasteiger charge is 2.32. The fourth-order valence-electron chi connectivity index (χ4n) is 1.81. The van der Waals surface area contributed by atoms with Gasteiger partial charge in [0.1, 0.15) is 10.9 Å². The van der Waals surface area contributed by atoms with Crippen LogP contribution >= 0.6 is 23.2 Å². The fourth-order valence-corrected chi connectivity index (χ4v) is 3.81. The maximum absolute atomic E-state index is 12.3. The number of nitrogen functional groups attached to an aromatic ring is 1. The number of amides is 2. The summed E-state index contributed by atoms with van der Waals surface area (Å²) in [5.74, 6) is -1.14. The van der Waals surface area contributed by atoms with Crippen molar-refractivity contribution in [2.24, 2.45) is 0 Å². The second-order valence-electron chi connectivity index (χ2n) is 4.40. The molecule has 1 atom stereocenters. The van der Waals surface area contributed by atoms with Crippen LogP contribution in [0.2, 0.25) is 10.0 Å². The molecular weight excluding hydrogens is 341 g/mol. The summed E-state index contributed by atoms with van der Waals surface area (Å²) in [6, 6.07) is 1.44. The first-order valence-electron chi connectivity index (χ1n) is 5.82. The van der Waals surface area contributed by atoms with Crippen molar-refractivity contribution in [1.29, 1.82) is 0 Å². The zero-order chi connectivity index (χ0) is 15.8. The number of halogens is 2. The SMILES string of the molecule is Nc1c(Cl)ccc(S(=O)(=O)NC2CCC(=O)NC2=O)c1Cl. The molecule has 7 nitrogen and oxygen atoms in total. The summed E-state index contributed by atoms with van der Waals surface area (Å²) in [5, 5.41) is 1.96. The summed E-state index contributed by atoms with van der Waals surface area (Å²) < 4.78 is 26.7. The van der Waals surface area contributed by atoms with E-state index >= 15 is 0 Å². The maximum atomic E-state index is 12.3. The van der Waals surface area contributed by atoms with Crippen molar-refractivity contribution in [3.05, 3.63) is 22.2 Å². The standard InChI is InChI=1S/C11H11Cl2N3O4S/c12-5-1-3-7(9(13)10(5)14)21(19,20)16-6-2-4-8(17)15-11(6)18/h1,3,6,16H,2,4,14H2,(H,15,17,18). The lowest BCUT2D eigenvalue weighted by molar-refractivity contribution is -0.134. The summed E-state index contributed by atoms with van der Waals surface area (Å²) in [7, 11) is -4.07. The molecule has 4 N–H and O–H groups in total. The third-order valence-electron chi connectivity index (χ3n) is 2.92. The second kappa shape index (κ2) is 5.80. The molecule has 21 heavy (non-hydrogen) atoms. The lowest BCUT2D eigenvalue weighted by Gasteiger charge is -2.22. The van der Waals surface area contributed by atoms with Crippen LogP contribution in [0.15, 0.2) is 17.0 Å². The van der Waals surface area contributed by atoms with Crippen LogP contribution in [0.4, 0.5) is 5.69 Å². The van der Waals surface area contributed by atoms with Gasteiger partial charge in [0.05, 0.1) is 15.7 Å². The number of rotatable bonds is 3. The average Bonchev–Trinajstić information content (AvgIpc) is 2.39. The summed E-state index contributed by atoms with van der Waals surface area (Å²) in [5.41, 5.74) is 5.51. The minimum absolute atomic E-state index is 0.0510. The Balaban J connectivity index is 2.29. The van der Waals surface area contributed by atoms with Gasteiger partial charge in [-0.05, 0) is 18.6 Å². The van der Waals surface area contributed by atoms with Crippen molar-refractivity contribution in [3.63, 3.8) is 0 Å². The number of nitrogens with one attached hydrogen (secondary N) is 2. The van der Waals surface area contributed by atoms with Crippen LogP contribution in [-0.2, 0) is 19.6 Å². The minimum Gasteiger partial charge on any atom is -0.396 e. The lowest BCUT2D eigenvalue weighted by atomic mass is 10.1. The van der Waals surface area contributed by atoms with Gasteiger partial charge in [-0.25, -0.2) is 8.42 Å². The van der Waals surface area contributed by atoms with Crippen molar-refractivity contribution in [2.45, 2.75) is 23.8 Å². The van der Waals surface area contributed by atoms with Gasteiger partial charge in [-0.15, -0.1) is 0 Å². The number of carbonyl (C=O) groups excluding carboxylic acids is 2. The lowest BCUT2D eigenvalue weighted by Crippen LogP contribution is -2.52. The van der Waals surface area contributed by atoms with Gasteiger partial charge >= 0.3 is 0 Å². The Hall–Kier alpha value is -1.35. The molecule has 1 saturated heterocycles. The average molecular weight is 352 g/mol. The zero-order valence-electron chi connectivity index (χ0n) is 10.5. The van der Waals surface area contributed by atoms with Crippen LogP contribution in [0.1, 0.15) is 12.8 Å². The largest absolute Gasteiger partial charge is 0.396 e. The molecule has 1 unspecified atom stereocenters. The molecule has 0 bridgehead atoms. The number of piperidine rings is 1. The molecule has 1 aliphatic rings. The molecular formula is C11H11Cl2N3O4S. The van der Waals surface area contributed by atoms with Gasteiger partial charge in [-0.1, -0.05) is 23.2 Å². The first-order valence-corrected chi connectivity index (χ1v) is 8.06. The molecule has 1 aliphatic heterocycles. The summed E-state index contributed by atoms with van der Waals surface area (Å²) in [6.07, 6.45) is 0.125. The van der Waals surface area contributed by atoms with Crippen molar-refractivity contribution in [2.75, 3.05) is 5.73 Å². The van der Waals surface area contributed by atoms with E-state index in [1.807, 2.05) is 0 Å². The minimum atomic E-state index is -4.07. The van der Waals surface area contributed by atoms with Crippen LogP contribution in [0.25, 0.3) is 0 Å². The molecule has 0 saturated carbocycles. The molecule has 114 valence electrons. The maximum Gasteiger partial charge on any atom is 0.244 e. The molecule has 0 spiro atoms. The summed E-state index contributed by atoms with van der Waals surface area (Å²) in [4.78, 5) is 22.3. The third kappa shape index (κ3) is 3.29. The van der Waals surface area contributed by atoms with Gasteiger partial charge in [-0.3, -0.25) is 14.9 Å². The second-order valence-corrected chi connectivity index (χ2v) is 6.87. The highest BCUT2D eigenvalue weighted by Crippen LogP contribution is 2.33. The summed E-state index contributed by atoms with van der Waals surface area (Å²) in [6.45, 7) is 0. The van der Waals surface area contributed by atoms with Gasteiger partial charge in [0.2, 0.25) is 21.8 Å². The van der Waals surface area contributed by atoms with E-state index in [1.165, 1.54) is 12.1 Å². The van der Waals surface area contributed by atoms with Crippen LogP contribution in [-0.4, -0.2) is 26.3 Å². The Labute approximate surface area is 130 Å². The van der Waals surface area contributed by atoms with Gasteiger partial charge < -0.3 is 5.73 Å². The number of hydrogen-bond acceptors (Lipinski definition) is 5. The van der Waals surface area contributed by atoms with E-state index < -0.39 is 27.9 Å². The van der Waals surface area contributed by atoms with E-state index in [1.54, 1.807) is 0 Å². The van der Waals surface area contributed by atoms with E-state index in [-0.39, 0.29) is 33.5 Å². The molecule has 1 fully saturated rings. The molecule has 2 rings (SSSR count). The molecule has 10 heteroatoms. The van der Waals surface area contributed by atoms with E-state index in [4.69, 9.17) is 28.9 Å². The van der Waals surface area contributed by atoms with Crippen LogP contribution < -0.4 is 15.8 Å². The van der Waals surface area contributed by atoms with E-state index in [2.05, 4.69) is 10.0 Å². The first kappa shape index (κ1) is 16.0. The van der Waals surface area contributed by atoms with E-state index in [0.717, 1.165) is 0 Å². The normalized spacial score (nSPS) is 19.4. The topological polar surface area (TPSA) is 118 Å².